The number of carbonyl (C=O) groups excluding carboxylic acids is 1. The van der Waals surface area contributed by atoms with E-state index in [1.165, 1.54) is 0 Å². The van der Waals surface area contributed by atoms with Crippen LogP contribution in [0.4, 0.5) is 0 Å². The highest BCUT2D eigenvalue weighted by Crippen LogP contribution is 2.47. The molecule has 11 heteroatoms. The number of fused-ring (bicyclic) bond motifs is 6. The van der Waals surface area contributed by atoms with Gasteiger partial charge in [-0.1, -0.05) is 20.3 Å². The van der Waals surface area contributed by atoms with Crippen molar-refractivity contribution in [3.8, 4) is 0 Å². The molecule has 0 aromatic heterocycles. The van der Waals surface area contributed by atoms with Crippen LogP contribution >= 0.6 is 0 Å². The van der Waals surface area contributed by atoms with Gasteiger partial charge in [-0.05, 0) is 25.9 Å². The van der Waals surface area contributed by atoms with Crippen LogP contribution in [0.3, 0.4) is 0 Å². The first-order valence-corrected chi connectivity index (χ1v) is 9.23. The Morgan fingerprint density at radius 1 is 1.15 bits per heavy atom. The van der Waals surface area contributed by atoms with E-state index < -0.39 is 40.2 Å². The van der Waals surface area contributed by atoms with Gasteiger partial charge in [0.15, 0.2) is 10.6 Å². The highest BCUT2D eigenvalue weighted by atomic mass is 16.8. The summed E-state index contributed by atoms with van der Waals surface area (Å²) < 4.78 is 0. The maximum Gasteiger partial charge on any atom is 0.303 e. The van der Waals surface area contributed by atoms with Gasteiger partial charge in [-0.25, -0.2) is 26.1 Å². The van der Waals surface area contributed by atoms with Crippen LogP contribution < -0.4 is 15.8 Å². The molecule has 0 heterocycles. The van der Waals surface area contributed by atoms with Crippen molar-refractivity contribution in [1.82, 2.24) is 5.32 Å². The van der Waals surface area contributed by atoms with Crippen molar-refractivity contribution >= 4 is 11.5 Å². The fraction of sp³-hybridized carbons (Fsp3) is 0.750. The van der Waals surface area contributed by atoms with Crippen LogP contribution in [-0.4, -0.2) is 56.4 Å². The third-order valence-corrected chi connectivity index (χ3v) is 5.67. The Bertz CT molecular complexity index is 602. The van der Waals surface area contributed by atoms with E-state index in [1.807, 2.05) is 0 Å². The number of nitrogens with one attached hydrogen (secondary N) is 3. The van der Waals surface area contributed by atoms with Gasteiger partial charge in [0.05, 0.1) is 6.08 Å². The van der Waals surface area contributed by atoms with Crippen LogP contribution in [0.2, 0.25) is 0 Å². The molecule has 0 radical (unpaired) electrons. The molecule has 4 bridgehead atoms. The number of carbonyl (C=O) groups is 1. The van der Waals surface area contributed by atoms with Crippen LogP contribution in [0.5, 0.6) is 0 Å². The van der Waals surface area contributed by atoms with Gasteiger partial charge in [-0.15, -0.1) is 0 Å². The third kappa shape index (κ3) is 4.14. The predicted octanol–water partition coefficient (Wildman–Crippen LogP) is -2.12. The van der Waals surface area contributed by atoms with Gasteiger partial charge < -0.3 is 15.7 Å². The van der Waals surface area contributed by atoms with Crippen molar-refractivity contribution in [3.05, 3.63) is 22.2 Å². The Labute approximate surface area is 156 Å². The zero-order chi connectivity index (χ0) is 20.3. The second kappa shape index (κ2) is 9.06. The maximum atomic E-state index is 12.5. The monoisotopic (exact) mass is 389 g/mol. The molecule has 7 unspecified atom stereocenters. The molecule has 3 aliphatic rings. The molecule has 154 valence electrons. The van der Waals surface area contributed by atoms with E-state index in [-0.39, 0.29) is 22.1 Å². The summed E-state index contributed by atoms with van der Waals surface area (Å²) in [6.07, 6.45) is 2.74. The molecule has 0 aromatic rings. The zero-order valence-corrected chi connectivity index (χ0v) is 15.5. The summed E-state index contributed by atoms with van der Waals surface area (Å²) >= 11 is 0. The van der Waals surface area contributed by atoms with Crippen molar-refractivity contribution in [2.24, 2.45) is 23.7 Å². The normalized spacial score (nSPS) is 34.1. The summed E-state index contributed by atoms with van der Waals surface area (Å²) in [5.74, 6) is -3.23. The molecule has 7 N–H and O–H groups in total. The summed E-state index contributed by atoms with van der Waals surface area (Å²) in [6.45, 7) is 6.39. The molecule has 0 aromatic carbocycles. The average Bonchev–Trinajstić information content (AvgIpc) is 2.60. The molecule has 11 nitrogen and oxygen atoms in total. The lowest BCUT2D eigenvalue weighted by atomic mass is 9.55. The van der Waals surface area contributed by atoms with Crippen LogP contribution in [0.25, 0.3) is 0 Å². The quantitative estimate of drug-likeness (QED) is 0.211. The first kappa shape index (κ1) is 21.7. The van der Waals surface area contributed by atoms with E-state index in [9.17, 15) is 36.0 Å². The summed E-state index contributed by atoms with van der Waals surface area (Å²) in [7, 11) is 0. The Hall–Kier alpha value is -1.60. The van der Waals surface area contributed by atoms with Crippen LogP contribution in [0.15, 0.2) is 11.8 Å². The Kier molecular flexibility index (Phi) is 7.28. The van der Waals surface area contributed by atoms with Gasteiger partial charge in [0.1, 0.15) is 23.7 Å². The molecule has 7 atom stereocenters. The molecule has 27 heavy (non-hydrogen) atoms. The van der Waals surface area contributed by atoms with Crippen LogP contribution in [-0.2, 0) is 4.79 Å². The molecule has 3 rings (SSSR count). The van der Waals surface area contributed by atoms with Crippen LogP contribution in [0, 0.1) is 34.1 Å². The third-order valence-electron chi connectivity index (χ3n) is 5.67. The van der Waals surface area contributed by atoms with Gasteiger partial charge >= 0.3 is 5.71 Å². The smallest absolute Gasteiger partial charge is 0.303 e. The van der Waals surface area contributed by atoms with Crippen molar-refractivity contribution in [2.75, 3.05) is 13.1 Å². The number of hydroxylamine groups is 4. The summed E-state index contributed by atoms with van der Waals surface area (Å²) in [4.78, 5) is 12.3. The second-order valence-electron chi connectivity index (χ2n) is 7.04. The predicted molar refractivity (Wildman–Crippen MR) is 90.0 cm³/mol. The number of hydrogen-bond donors (Lipinski definition) is 7. The minimum absolute atomic E-state index is 0.162. The van der Waals surface area contributed by atoms with Gasteiger partial charge in [0.2, 0.25) is 0 Å². The number of quaternary nitrogens is 2. The average molecular weight is 389 g/mol. The molecule has 2 fully saturated rings. The van der Waals surface area contributed by atoms with Crippen molar-refractivity contribution < 1.29 is 41.0 Å². The van der Waals surface area contributed by atoms with Crippen molar-refractivity contribution in [1.29, 1.82) is 0 Å². The number of rotatable bonds is 4. The molecule has 3 aliphatic carbocycles. The zero-order valence-electron chi connectivity index (χ0n) is 15.5. The molecular weight excluding hydrogens is 360 g/mol. The lowest BCUT2D eigenvalue weighted by molar-refractivity contribution is -1.08. The Morgan fingerprint density at radius 3 is 2.11 bits per heavy atom. The van der Waals surface area contributed by atoms with Gasteiger partial charge in [-0.2, -0.15) is 5.23 Å². The highest BCUT2D eigenvalue weighted by Gasteiger charge is 2.64. The minimum atomic E-state index is -1.34. The lowest BCUT2D eigenvalue weighted by Gasteiger charge is -2.49. The summed E-state index contributed by atoms with van der Waals surface area (Å²) in [5.41, 5.74) is -0.481. The van der Waals surface area contributed by atoms with Gasteiger partial charge in [0.25, 0.3) is 0 Å². The lowest BCUT2D eigenvalue weighted by Crippen LogP contribution is -3.14. The van der Waals surface area contributed by atoms with Gasteiger partial charge in [-0.3, -0.25) is 4.79 Å². The molecule has 2 saturated carbocycles. The molecule has 0 amide bonds. The second-order valence-corrected chi connectivity index (χ2v) is 7.04. The molecule has 0 spiro atoms. The fourth-order valence-corrected chi connectivity index (χ4v) is 4.66. The van der Waals surface area contributed by atoms with Gasteiger partial charge in [0, 0.05) is 11.8 Å². The topological polar surface area (TPSA) is 168 Å². The van der Waals surface area contributed by atoms with E-state index in [0.29, 0.717) is 19.3 Å². The molecular formula is C16H29N4O7+. The first-order chi connectivity index (χ1) is 12.8. The molecule has 0 saturated heterocycles. The van der Waals surface area contributed by atoms with Crippen molar-refractivity contribution in [2.45, 2.75) is 39.2 Å². The van der Waals surface area contributed by atoms with Crippen LogP contribution in [0.1, 0.15) is 33.1 Å². The number of allylic oxidation sites excluding steroid dienone is 1. The standard InChI is InChI=1S/C12H18N3O7.C4H11N/c16-12-5-2-1-3-6(12)10-8(14(19)20)4-7(13(17)18)9(5)11(10)15(21)22;1-3-5-4-2/h4-6,9-11,13,15,17,19-21H,1-3H2;5H,3-4H2,1-2H3/q+1;. The van der Waals surface area contributed by atoms with E-state index in [2.05, 4.69) is 19.2 Å². The molecule has 0 aliphatic heterocycles. The first-order valence-electron chi connectivity index (χ1n) is 9.23. The number of nitrogens with zero attached hydrogens (tertiary/aromatic N) is 1. The van der Waals surface area contributed by atoms with E-state index in [4.69, 9.17) is 0 Å². The van der Waals surface area contributed by atoms with E-state index >= 15 is 0 Å². The maximum absolute atomic E-state index is 12.5. The summed E-state index contributed by atoms with van der Waals surface area (Å²) in [5, 5.41) is 61.4. The number of hydrogen-bond acceptors (Lipinski definition) is 8. The largest absolute Gasteiger partial charge is 0.600 e. The Morgan fingerprint density at radius 2 is 1.70 bits per heavy atom. The Balaban J connectivity index is 0.000000465. The fourth-order valence-electron chi connectivity index (χ4n) is 4.66. The SMILES string of the molecule is CCNCC.O=C1C2CCCC1C1C(=[N+](O)O)C=C([NH+]([O-])O)C2C1[NH+]([O-])O. The van der Waals surface area contributed by atoms with E-state index in [1.54, 1.807) is 0 Å². The minimum Gasteiger partial charge on any atom is -0.600 e. The number of ketones is 1. The highest BCUT2D eigenvalue weighted by molar-refractivity contribution is 6.01. The van der Waals surface area contributed by atoms with Crippen molar-refractivity contribution in [3.63, 3.8) is 0 Å². The number of Topliss-reactive ketones (excluding diaryl/α,β-unsaturated/α-hetero) is 1. The summed E-state index contributed by atoms with van der Waals surface area (Å²) in [6, 6.07) is -1.14. The van der Waals surface area contributed by atoms with E-state index in [0.717, 1.165) is 19.2 Å².